The van der Waals surface area contributed by atoms with Gasteiger partial charge in [-0.3, -0.25) is 4.79 Å². The summed E-state index contributed by atoms with van der Waals surface area (Å²) < 4.78 is 11.8. The summed E-state index contributed by atoms with van der Waals surface area (Å²) in [4.78, 5) is 14.5. The van der Waals surface area contributed by atoms with Gasteiger partial charge in [0.15, 0.2) is 12.6 Å². The molecule has 7 heteroatoms. The lowest BCUT2D eigenvalue weighted by molar-refractivity contribution is 0.00991. The molecule has 1 N–H and O–H groups in total. The van der Waals surface area contributed by atoms with E-state index in [-0.39, 0.29) is 24.4 Å². The Balaban J connectivity index is 2.27. The molecule has 0 spiro atoms. The van der Waals surface area contributed by atoms with Gasteiger partial charge in [0.1, 0.15) is 5.76 Å². The molecule has 0 aliphatic rings. The van der Waals surface area contributed by atoms with Gasteiger partial charge in [0.2, 0.25) is 0 Å². The first kappa shape index (κ1) is 23.4. The van der Waals surface area contributed by atoms with Gasteiger partial charge in [0.25, 0.3) is 5.56 Å². The van der Waals surface area contributed by atoms with E-state index in [1.54, 1.807) is 14.2 Å². The number of anilines is 1. The predicted octanol–water partition coefficient (Wildman–Crippen LogP) is 3.30. The Hall–Kier alpha value is -2.90. The minimum absolute atomic E-state index is 0.0143. The Kier molecular flexibility index (Phi) is 8.38. The Morgan fingerprint density at radius 3 is 2.57 bits per heavy atom. The van der Waals surface area contributed by atoms with Crippen LogP contribution in [0.1, 0.15) is 13.8 Å². The first-order chi connectivity index (χ1) is 14.3. The van der Waals surface area contributed by atoms with E-state index in [9.17, 15) is 4.79 Å². The summed E-state index contributed by atoms with van der Waals surface area (Å²) in [5.41, 5.74) is 0.796. The van der Waals surface area contributed by atoms with Crippen LogP contribution in [0.5, 0.6) is 0 Å². The number of rotatable bonds is 10. The Labute approximate surface area is 178 Å². The second-order valence-electron chi connectivity index (χ2n) is 7.31. The van der Waals surface area contributed by atoms with Gasteiger partial charge in [-0.2, -0.15) is 5.10 Å². The summed E-state index contributed by atoms with van der Waals surface area (Å²) in [7, 11) is 7.26. The number of nitrogens with zero attached hydrogens (tertiary/aromatic N) is 3. The highest BCUT2D eigenvalue weighted by atomic mass is 16.7. The number of allylic oxidation sites excluding steroid dienone is 2. The van der Waals surface area contributed by atoms with Crippen LogP contribution in [-0.4, -0.2) is 54.8 Å². The van der Waals surface area contributed by atoms with E-state index in [1.807, 2.05) is 63.5 Å². The third-order valence-electron chi connectivity index (χ3n) is 4.82. The summed E-state index contributed by atoms with van der Waals surface area (Å²) in [6.07, 6.45) is 5.69. The first-order valence-corrected chi connectivity index (χ1v) is 9.84. The molecule has 1 aromatic heterocycles. The Bertz CT molecular complexity index is 992. The Morgan fingerprint density at radius 2 is 1.97 bits per heavy atom. The van der Waals surface area contributed by atoms with Crippen molar-refractivity contribution >= 4 is 16.6 Å². The molecule has 0 fully saturated rings. The second-order valence-corrected chi connectivity index (χ2v) is 7.31. The smallest absolute Gasteiger partial charge is 0.274 e. The average molecular weight is 413 g/mol. The molecule has 162 valence electrons. The van der Waals surface area contributed by atoms with Crippen molar-refractivity contribution in [3.63, 3.8) is 0 Å². The van der Waals surface area contributed by atoms with E-state index in [0.717, 1.165) is 11.0 Å². The van der Waals surface area contributed by atoms with Gasteiger partial charge in [0.05, 0.1) is 11.4 Å². The number of methoxy groups -OCH3 is 1. The number of ether oxygens (including phenoxy) is 2. The zero-order valence-corrected chi connectivity index (χ0v) is 18.7. The molecule has 2 aromatic rings. The molecule has 0 saturated carbocycles. The lowest BCUT2D eigenvalue weighted by atomic mass is 9.99. The number of hydrogen-bond acceptors (Lipinski definition) is 6. The summed E-state index contributed by atoms with van der Waals surface area (Å²) in [5, 5.41) is 9.36. The quantitative estimate of drug-likeness (QED) is 0.367. The molecule has 0 saturated heterocycles. The Morgan fingerprint density at radius 1 is 1.30 bits per heavy atom. The fourth-order valence-corrected chi connectivity index (χ4v) is 3.44. The molecule has 0 amide bonds. The van der Waals surface area contributed by atoms with Crippen LogP contribution in [0.15, 0.2) is 65.2 Å². The summed E-state index contributed by atoms with van der Waals surface area (Å²) in [6, 6.07) is 7.45. The number of fused-ring (bicyclic) bond motifs is 1. The van der Waals surface area contributed by atoms with Crippen molar-refractivity contribution in [3.05, 3.63) is 70.8 Å². The minimum atomic E-state index is -0.116. The zero-order valence-electron chi connectivity index (χ0n) is 18.7. The molecule has 2 atom stereocenters. The standard InChI is InChI=1S/C23H32N4O3/c1-8-18(30-15-29-7)14-13-16(2)21(26(4)5)17(3)24-22-19-11-9-10-12-20(19)23(28)27(6)25-22/h8-14,17,21H,2,15H2,1,3-7H3,(H,24,25)/b14-13-,18-8+/t17-,21-/m0/s1. The SMILES string of the molecule is C=C(/C=C\C(=C/C)OCOC)[C@@H]([C@H](C)Nc1nn(C)c(=O)c2ccccc12)N(C)C. The molecule has 1 heterocycles. The van der Waals surface area contributed by atoms with Crippen molar-refractivity contribution in [2.45, 2.75) is 25.9 Å². The van der Waals surface area contributed by atoms with Crippen molar-refractivity contribution < 1.29 is 9.47 Å². The van der Waals surface area contributed by atoms with Crippen LogP contribution >= 0.6 is 0 Å². The fourth-order valence-electron chi connectivity index (χ4n) is 3.44. The monoisotopic (exact) mass is 412 g/mol. The van der Waals surface area contributed by atoms with Crippen LogP contribution in [0.2, 0.25) is 0 Å². The van der Waals surface area contributed by atoms with Crippen LogP contribution in [-0.2, 0) is 16.5 Å². The molecule has 0 aliphatic heterocycles. The van der Waals surface area contributed by atoms with Crippen LogP contribution in [0.3, 0.4) is 0 Å². The van der Waals surface area contributed by atoms with Crippen molar-refractivity contribution in [1.82, 2.24) is 14.7 Å². The highest BCUT2D eigenvalue weighted by molar-refractivity contribution is 5.91. The number of aryl methyl sites for hydroxylation is 1. The first-order valence-electron chi connectivity index (χ1n) is 9.84. The number of aromatic nitrogens is 2. The lowest BCUT2D eigenvalue weighted by Crippen LogP contribution is -2.43. The van der Waals surface area contributed by atoms with Crippen molar-refractivity contribution in [2.75, 3.05) is 33.3 Å². The van der Waals surface area contributed by atoms with Gasteiger partial charge in [-0.15, -0.1) is 0 Å². The zero-order chi connectivity index (χ0) is 22.3. The van der Waals surface area contributed by atoms with Crippen LogP contribution in [0.4, 0.5) is 5.82 Å². The number of likely N-dealkylation sites (N-methyl/N-ethyl adjacent to an activating group) is 1. The lowest BCUT2D eigenvalue weighted by Gasteiger charge is -2.32. The highest BCUT2D eigenvalue weighted by Crippen LogP contribution is 2.22. The third-order valence-corrected chi connectivity index (χ3v) is 4.82. The summed E-state index contributed by atoms with van der Waals surface area (Å²) in [5.74, 6) is 1.38. The molecule has 30 heavy (non-hydrogen) atoms. The van der Waals surface area contributed by atoms with E-state index in [2.05, 4.69) is 28.8 Å². The molecule has 1 aromatic carbocycles. The van der Waals surface area contributed by atoms with Gasteiger partial charge < -0.3 is 19.7 Å². The van der Waals surface area contributed by atoms with Gasteiger partial charge in [-0.25, -0.2) is 4.68 Å². The number of benzene rings is 1. The normalized spacial score (nSPS) is 14.3. The largest absolute Gasteiger partial charge is 0.468 e. The highest BCUT2D eigenvalue weighted by Gasteiger charge is 2.23. The maximum atomic E-state index is 12.4. The van der Waals surface area contributed by atoms with Gasteiger partial charge in [0, 0.05) is 25.6 Å². The van der Waals surface area contributed by atoms with E-state index >= 15 is 0 Å². The van der Waals surface area contributed by atoms with E-state index in [0.29, 0.717) is 17.0 Å². The molecular weight excluding hydrogens is 380 g/mol. The summed E-state index contributed by atoms with van der Waals surface area (Å²) in [6.45, 7) is 8.43. The van der Waals surface area contributed by atoms with Crippen LogP contribution < -0.4 is 10.9 Å². The molecule has 0 bridgehead atoms. The number of nitrogens with one attached hydrogen (secondary N) is 1. The molecule has 0 unspecified atom stereocenters. The summed E-state index contributed by atoms with van der Waals surface area (Å²) >= 11 is 0. The fraction of sp³-hybridized carbons (Fsp3) is 0.391. The van der Waals surface area contributed by atoms with Crippen LogP contribution in [0, 0.1) is 0 Å². The van der Waals surface area contributed by atoms with Gasteiger partial charge in [-0.1, -0.05) is 30.9 Å². The minimum Gasteiger partial charge on any atom is -0.468 e. The maximum absolute atomic E-state index is 12.4. The molecule has 7 nitrogen and oxygen atoms in total. The van der Waals surface area contributed by atoms with Crippen LogP contribution in [0.25, 0.3) is 10.8 Å². The average Bonchev–Trinajstić information content (AvgIpc) is 2.71. The van der Waals surface area contributed by atoms with E-state index in [4.69, 9.17) is 9.47 Å². The molecule has 0 aliphatic carbocycles. The molecule has 0 radical (unpaired) electrons. The molecule has 2 rings (SSSR count). The molecular formula is C23H32N4O3. The van der Waals surface area contributed by atoms with Crippen molar-refractivity contribution in [2.24, 2.45) is 7.05 Å². The van der Waals surface area contributed by atoms with Crippen molar-refractivity contribution in [1.29, 1.82) is 0 Å². The number of hydrogen-bond donors (Lipinski definition) is 1. The van der Waals surface area contributed by atoms with Gasteiger partial charge in [-0.05, 0) is 51.7 Å². The van der Waals surface area contributed by atoms with Crippen molar-refractivity contribution in [3.8, 4) is 0 Å². The second kappa shape index (κ2) is 10.8. The van der Waals surface area contributed by atoms with E-state index in [1.165, 1.54) is 4.68 Å². The predicted molar refractivity (Wildman–Crippen MR) is 123 cm³/mol. The third kappa shape index (κ3) is 5.58. The maximum Gasteiger partial charge on any atom is 0.274 e. The van der Waals surface area contributed by atoms with E-state index < -0.39 is 0 Å². The van der Waals surface area contributed by atoms with Gasteiger partial charge >= 0.3 is 0 Å². The topological polar surface area (TPSA) is 68.6 Å².